The molecule has 1 atom stereocenters. The minimum atomic E-state index is -0.0954. The highest BCUT2D eigenvalue weighted by molar-refractivity contribution is 5.88. The van der Waals surface area contributed by atoms with Crippen molar-refractivity contribution in [2.75, 3.05) is 16.4 Å². The Hall–Kier alpha value is -2.63. The molecule has 1 aromatic carbocycles. The van der Waals surface area contributed by atoms with Crippen LogP contribution in [0.2, 0.25) is 0 Å². The van der Waals surface area contributed by atoms with Crippen molar-refractivity contribution in [3.63, 3.8) is 0 Å². The number of amides is 1. The van der Waals surface area contributed by atoms with Gasteiger partial charge in [-0.1, -0.05) is 12.1 Å². The molecule has 0 aliphatic heterocycles. The summed E-state index contributed by atoms with van der Waals surface area (Å²) in [5, 5.41) is 5.92. The number of aromatic nitrogens is 2. The smallest absolute Gasteiger partial charge is 0.225 e. The van der Waals surface area contributed by atoms with Gasteiger partial charge in [0.1, 0.15) is 5.82 Å². The van der Waals surface area contributed by atoms with E-state index < -0.39 is 0 Å². The zero-order valence-electron chi connectivity index (χ0n) is 11.4. The molecule has 20 heavy (non-hydrogen) atoms. The van der Waals surface area contributed by atoms with Gasteiger partial charge in [-0.2, -0.15) is 4.98 Å². The molecule has 0 radical (unpaired) electrons. The summed E-state index contributed by atoms with van der Waals surface area (Å²) in [6.45, 7) is 3.47. The van der Waals surface area contributed by atoms with Crippen LogP contribution in [0.3, 0.4) is 0 Å². The molecule has 0 saturated heterocycles. The molecule has 1 aromatic heterocycles. The molecule has 6 heteroatoms. The van der Waals surface area contributed by atoms with Gasteiger partial charge in [0.25, 0.3) is 0 Å². The van der Waals surface area contributed by atoms with E-state index in [4.69, 9.17) is 5.73 Å². The molecular formula is C14H17N5O. The van der Waals surface area contributed by atoms with Gasteiger partial charge in [-0.3, -0.25) is 4.79 Å². The van der Waals surface area contributed by atoms with Crippen LogP contribution in [0.15, 0.2) is 36.5 Å². The molecule has 0 aliphatic rings. The molecule has 6 nitrogen and oxygen atoms in total. The highest BCUT2D eigenvalue weighted by Crippen LogP contribution is 2.20. The van der Waals surface area contributed by atoms with Crippen LogP contribution in [-0.2, 0) is 4.79 Å². The van der Waals surface area contributed by atoms with Gasteiger partial charge >= 0.3 is 0 Å². The third kappa shape index (κ3) is 3.68. The summed E-state index contributed by atoms with van der Waals surface area (Å²) < 4.78 is 0. The summed E-state index contributed by atoms with van der Waals surface area (Å²) in [5.74, 6) is 0.797. The number of nitrogens with two attached hydrogens (primary N) is 1. The molecule has 1 heterocycles. The zero-order chi connectivity index (χ0) is 14.5. The molecule has 1 unspecified atom stereocenters. The molecule has 0 saturated carbocycles. The van der Waals surface area contributed by atoms with Gasteiger partial charge in [0, 0.05) is 18.8 Å². The second-order valence-electron chi connectivity index (χ2n) is 4.48. The second-order valence-corrected chi connectivity index (χ2v) is 4.48. The fraction of sp³-hybridized carbons (Fsp3) is 0.214. The van der Waals surface area contributed by atoms with E-state index in [1.165, 1.54) is 6.92 Å². The maximum atomic E-state index is 11.1. The summed E-state index contributed by atoms with van der Waals surface area (Å²) in [6, 6.07) is 9.23. The first-order valence-corrected chi connectivity index (χ1v) is 6.27. The van der Waals surface area contributed by atoms with Gasteiger partial charge in [-0.25, -0.2) is 4.98 Å². The van der Waals surface area contributed by atoms with Crippen molar-refractivity contribution in [2.24, 2.45) is 0 Å². The number of hydrogen-bond acceptors (Lipinski definition) is 5. The molecular weight excluding hydrogens is 254 g/mol. The van der Waals surface area contributed by atoms with E-state index in [1.54, 1.807) is 12.3 Å². The van der Waals surface area contributed by atoms with Crippen molar-refractivity contribution in [1.82, 2.24) is 9.97 Å². The first-order chi connectivity index (χ1) is 9.54. The van der Waals surface area contributed by atoms with Crippen LogP contribution in [0, 0.1) is 0 Å². The number of carbonyl (C=O) groups is 1. The minimum absolute atomic E-state index is 0.00879. The van der Waals surface area contributed by atoms with Crippen LogP contribution in [0.1, 0.15) is 25.5 Å². The maximum Gasteiger partial charge on any atom is 0.225 e. The number of nitrogen functional groups attached to an aromatic ring is 1. The van der Waals surface area contributed by atoms with E-state index in [2.05, 4.69) is 20.6 Å². The monoisotopic (exact) mass is 271 g/mol. The number of benzene rings is 1. The van der Waals surface area contributed by atoms with Crippen LogP contribution in [-0.4, -0.2) is 15.9 Å². The van der Waals surface area contributed by atoms with Gasteiger partial charge in [0.2, 0.25) is 11.9 Å². The Morgan fingerprint density at radius 3 is 2.85 bits per heavy atom. The third-order valence-electron chi connectivity index (χ3n) is 2.73. The van der Waals surface area contributed by atoms with Gasteiger partial charge < -0.3 is 16.4 Å². The van der Waals surface area contributed by atoms with Crippen LogP contribution in [0.25, 0.3) is 0 Å². The average Bonchev–Trinajstić information content (AvgIpc) is 2.38. The number of nitrogens with zero attached hydrogens (tertiary/aromatic N) is 2. The van der Waals surface area contributed by atoms with E-state index in [0.29, 0.717) is 11.8 Å². The van der Waals surface area contributed by atoms with Crippen LogP contribution in [0.5, 0.6) is 0 Å². The lowest BCUT2D eigenvalue weighted by atomic mass is 10.1. The van der Waals surface area contributed by atoms with E-state index in [-0.39, 0.29) is 11.9 Å². The lowest BCUT2D eigenvalue weighted by Gasteiger charge is -2.15. The van der Waals surface area contributed by atoms with E-state index >= 15 is 0 Å². The predicted molar refractivity (Wildman–Crippen MR) is 79.2 cm³/mol. The minimum Gasteiger partial charge on any atom is -0.384 e. The van der Waals surface area contributed by atoms with E-state index in [0.717, 1.165) is 11.3 Å². The Kier molecular flexibility index (Phi) is 4.14. The molecule has 1 amide bonds. The molecule has 4 N–H and O–H groups in total. The number of rotatable bonds is 4. The van der Waals surface area contributed by atoms with Crippen molar-refractivity contribution < 1.29 is 4.79 Å². The predicted octanol–water partition coefficient (Wildman–Crippen LogP) is 2.19. The number of anilines is 3. The normalized spacial score (nSPS) is 11.7. The van der Waals surface area contributed by atoms with E-state index in [1.807, 2.05) is 31.2 Å². The van der Waals surface area contributed by atoms with Gasteiger partial charge in [0.05, 0.1) is 6.04 Å². The quantitative estimate of drug-likeness (QED) is 0.792. The topological polar surface area (TPSA) is 92.9 Å². The van der Waals surface area contributed by atoms with Crippen LogP contribution >= 0.6 is 0 Å². The third-order valence-corrected chi connectivity index (χ3v) is 2.73. The molecule has 0 bridgehead atoms. The average molecular weight is 271 g/mol. The van der Waals surface area contributed by atoms with Crippen molar-refractivity contribution in [3.8, 4) is 0 Å². The molecule has 0 spiro atoms. The molecule has 2 rings (SSSR count). The second kappa shape index (κ2) is 6.01. The maximum absolute atomic E-state index is 11.1. The van der Waals surface area contributed by atoms with Crippen molar-refractivity contribution in [1.29, 1.82) is 0 Å². The largest absolute Gasteiger partial charge is 0.384 e. The molecule has 104 valence electrons. The van der Waals surface area contributed by atoms with Crippen molar-refractivity contribution >= 4 is 23.4 Å². The Morgan fingerprint density at radius 1 is 1.35 bits per heavy atom. The Morgan fingerprint density at radius 2 is 2.15 bits per heavy atom. The Balaban J connectivity index is 2.12. The van der Waals surface area contributed by atoms with Gasteiger partial charge in [0.15, 0.2) is 0 Å². The zero-order valence-corrected chi connectivity index (χ0v) is 11.4. The van der Waals surface area contributed by atoms with E-state index in [9.17, 15) is 4.79 Å². The fourth-order valence-electron chi connectivity index (χ4n) is 1.81. The molecule has 2 aromatic rings. The fourth-order valence-corrected chi connectivity index (χ4v) is 1.81. The highest BCUT2D eigenvalue weighted by atomic mass is 16.1. The van der Waals surface area contributed by atoms with Crippen LogP contribution in [0.4, 0.5) is 17.5 Å². The summed E-state index contributed by atoms with van der Waals surface area (Å²) in [6.07, 6.45) is 1.60. The van der Waals surface area contributed by atoms with Crippen LogP contribution < -0.4 is 16.4 Å². The first-order valence-electron chi connectivity index (χ1n) is 6.27. The SMILES string of the molecule is CC(=O)Nc1cccc(C(C)Nc2nccc(N)n2)c1. The summed E-state index contributed by atoms with van der Waals surface area (Å²) in [7, 11) is 0. The summed E-state index contributed by atoms with van der Waals surface area (Å²) >= 11 is 0. The molecule has 0 fully saturated rings. The first kappa shape index (κ1) is 13.8. The Bertz CT molecular complexity index is 614. The van der Waals surface area contributed by atoms with Crippen molar-refractivity contribution in [3.05, 3.63) is 42.1 Å². The standard InChI is InChI=1S/C14H17N5O/c1-9(17-14-16-7-6-13(15)19-14)11-4-3-5-12(8-11)18-10(2)20/h3-9H,1-2H3,(H,18,20)(H3,15,16,17,19). The van der Waals surface area contributed by atoms with Crippen molar-refractivity contribution in [2.45, 2.75) is 19.9 Å². The van der Waals surface area contributed by atoms with Gasteiger partial charge in [-0.15, -0.1) is 0 Å². The molecule has 0 aliphatic carbocycles. The lowest BCUT2D eigenvalue weighted by Crippen LogP contribution is -2.11. The number of nitrogens with one attached hydrogen (secondary N) is 2. The Labute approximate surface area is 117 Å². The summed E-state index contributed by atoms with van der Waals surface area (Å²) in [5.41, 5.74) is 7.39. The summed E-state index contributed by atoms with van der Waals surface area (Å²) in [4.78, 5) is 19.3. The number of hydrogen-bond donors (Lipinski definition) is 3. The number of carbonyl (C=O) groups excluding carboxylic acids is 1. The van der Waals surface area contributed by atoms with Gasteiger partial charge in [-0.05, 0) is 30.7 Å². The highest BCUT2D eigenvalue weighted by Gasteiger charge is 2.08. The lowest BCUT2D eigenvalue weighted by molar-refractivity contribution is -0.114.